The van der Waals surface area contributed by atoms with Crippen LogP contribution in [0.25, 0.3) is 0 Å². The summed E-state index contributed by atoms with van der Waals surface area (Å²) in [4.78, 5) is 11.4. The predicted molar refractivity (Wildman–Crippen MR) is 57.8 cm³/mol. The second kappa shape index (κ2) is 4.12. The first-order chi connectivity index (χ1) is 8.00. The molecule has 0 fully saturated rings. The molecule has 0 unspecified atom stereocenters. The van der Waals surface area contributed by atoms with Crippen LogP contribution in [-0.4, -0.2) is 14.3 Å². The molecular weight excluding hydrogens is 228 g/mol. The summed E-state index contributed by atoms with van der Waals surface area (Å²) in [6.07, 6.45) is 1.21. The van der Waals surface area contributed by atoms with Crippen LogP contribution in [0.3, 0.4) is 0 Å². The molecule has 2 rings (SSSR count). The van der Waals surface area contributed by atoms with Gasteiger partial charge in [-0.15, -0.1) is 0 Å². The number of hydrogen-bond acceptors (Lipinski definition) is 2. The van der Waals surface area contributed by atoms with Gasteiger partial charge in [-0.3, -0.25) is 4.57 Å². The molecule has 4 nitrogen and oxygen atoms in total. The molecule has 0 amide bonds. The fourth-order valence-electron chi connectivity index (χ4n) is 1.49. The van der Waals surface area contributed by atoms with E-state index in [1.807, 2.05) is 0 Å². The van der Waals surface area contributed by atoms with Gasteiger partial charge in [-0.05, 0) is 0 Å². The maximum atomic E-state index is 13.8. The third-order valence-electron chi connectivity index (χ3n) is 2.43. The first kappa shape index (κ1) is 11.5. The van der Waals surface area contributed by atoms with Crippen LogP contribution in [0.5, 0.6) is 0 Å². The highest BCUT2D eigenvalue weighted by atomic mass is 19.3. The Balaban J connectivity index is 2.29. The molecule has 0 radical (unpaired) electrons. The molecular formula is C11H11F2N3O. The van der Waals surface area contributed by atoms with Crippen LogP contribution in [0.1, 0.15) is 5.56 Å². The summed E-state index contributed by atoms with van der Waals surface area (Å²) in [6, 6.07) is 7.38. The molecule has 0 saturated carbocycles. The minimum atomic E-state index is -3.11. The highest BCUT2D eigenvalue weighted by Gasteiger charge is 2.33. The highest BCUT2D eigenvalue weighted by Crippen LogP contribution is 2.28. The van der Waals surface area contributed by atoms with Crippen molar-refractivity contribution in [3.63, 3.8) is 0 Å². The van der Waals surface area contributed by atoms with Gasteiger partial charge < -0.3 is 0 Å². The fraction of sp³-hybridized carbons (Fsp3) is 0.273. The quantitative estimate of drug-likeness (QED) is 0.811. The van der Waals surface area contributed by atoms with Gasteiger partial charge in [0.2, 0.25) is 0 Å². The van der Waals surface area contributed by atoms with Gasteiger partial charge in [0.25, 0.3) is 5.92 Å². The maximum Gasteiger partial charge on any atom is 0.345 e. The summed E-state index contributed by atoms with van der Waals surface area (Å²) in [6.45, 7) is -0.753. The van der Waals surface area contributed by atoms with Crippen molar-refractivity contribution >= 4 is 0 Å². The van der Waals surface area contributed by atoms with Crippen LogP contribution in [0.2, 0.25) is 0 Å². The number of nitrogens with zero attached hydrogens (tertiary/aromatic N) is 3. The third-order valence-corrected chi connectivity index (χ3v) is 2.43. The Kier molecular flexibility index (Phi) is 2.79. The van der Waals surface area contributed by atoms with Crippen molar-refractivity contribution in [1.82, 2.24) is 14.3 Å². The van der Waals surface area contributed by atoms with E-state index in [2.05, 4.69) is 5.10 Å². The number of rotatable bonds is 3. The molecule has 0 aliphatic rings. The van der Waals surface area contributed by atoms with Crippen molar-refractivity contribution in [1.29, 1.82) is 0 Å². The van der Waals surface area contributed by atoms with Gasteiger partial charge >= 0.3 is 5.69 Å². The van der Waals surface area contributed by atoms with Crippen molar-refractivity contribution < 1.29 is 8.78 Å². The molecule has 6 heteroatoms. The highest BCUT2D eigenvalue weighted by molar-refractivity contribution is 5.19. The molecule has 0 spiro atoms. The van der Waals surface area contributed by atoms with E-state index in [-0.39, 0.29) is 5.56 Å². The van der Waals surface area contributed by atoms with Crippen molar-refractivity contribution in [2.75, 3.05) is 0 Å². The van der Waals surface area contributed by atoms with Crippen LogP contribution in [0.4, 0.5) is 8.78 Å². The zero-order valence-corrected chi connectivity index (χ0v) is 9.18. The molecule has 90 valence electrons. The average molecular weight is 239 g/mol. The first-order valence-corrected chi connectivity index (χ1v) is 5.02. The topological polar surface area (TPSA) is 39.8 Å². The molecule has 0 aliphatic carbocycles. The van der Waals surface area contributed by atoms with E-state index < -0.39 is 18.2 Å². The van der Waals surface area contributed by atoms with Crippen molar-refractivity contribution in [2.24, 2.45) is 7.05 Å². The number of alkyl halides is 2. The number of aromatic nitrogens is 3. The van der Waals surface area contributed by atoms with Gasteiger partial charge in [0.15, 0.2) is 0 Å². The Morgan fingerprint density at radius 3 is 2.47 bits per heavy atom. The van der Waals surface area contributed by atoms with Gasteiger partial charge in [0.1, 0.15) is 12.9 Å². The lowest BCUT2D eigenvalue weighted by Crippen LogP contribution is -2.30. The predicted octanol–water partition coefficient (Wildman–Crippen LogP) is 1.37. The molecule has 2 aromatic rings. The summed E-state index contributed by atoms with van der Waals surface area (Å²) in [5.41, 5.74) is -0.682. The van der Waals surface area contributed by atoms with Crippen molar-refractivity contribution in [3.8, 4) is 0 Å². The van der Waals surface area contributed by atoms with Crippen LogP contribution < -0.4 is 5.69 Å². The smallest absolute Gasteiger partial charge is 0.285 e. The van der Waals surface area contributed by atoms with E-state index >= 15 is 0 Å². The monoisotopic (exact) mass is 239 g/mol. The lowest BCUT2D eigenvalue weighted by Gasteiger charge is -2.15. The van der Waals surface area contributed by atoms with Crippen LogP contribution in [0, 0.1) is 0 Å². The first-order valence-electron chi connectivity index (χ1n) is 5.02. The van der Waals surface area contributed by atoms with Crippen LogP contribution >= 0.6 is 0 Å². The normalized spacial score (nSPS) is 11.7. The standard InChI is InChI=1S/C11H11F2N3O/c1-15-8-14-16(10(15)17)7-11(12,13)9-5-3-2-4-6-9/h2-6,8H,7H2,1H3. The summed E-state index contributed by atoms with van der Waals surface area (Å²) < 4.78 is 29.6. The molecule has 0 atom stereocenters. The van der Waals surface area contributed by atoms with Gasteiger partial charge in [0, 0.05) is 12.6 Å². The Labute approximate surface area is 96.1 Å². The van der Waals surface area contributed by atoms with Gasteiger partial charge in [-0.1, -0.05) is 30.3 Å². The summed E-state index contributed by atoms with van der Waals surface area (Å²) >= 11 is 0. The molecule has 1 aromatic carbocycles. The average Bonchev–Trinajstić information content (AvgIpc) is 2.62. The second-order valence-corrected chi connectivity index (χ2v) is 3.75. The Hall–Kier alpha value is -1.98. The minimum Gasteiger partial charge on any atom is -0.285 e. The summed E-state index contributed by atoms with van der Waals surface area (Å²) in [5, 5.41) is 3.61. The van der Waals surface area contributed by atoms with E-state index in [1.165, 1.54) is 37.6 Å². The third kappa shape index (κ3) is 2.25. The van der Waals surface area contributed by atoms with Gasteiger partial charge in [-0.2, -0.15) is 13.9 Å². The van der Waals surface area contributed by atoms with E-state index in [0.29, 0.717) is 0 Å². The lowest BCUT2D eigenvalue weighted by molar-refractivity contribution is -0.0264. The minimum absolute atomic E-state index is 0.127. The Morgan fingerprint density at radius 2 is 1.94 bits per heavy atom. The SMILES string of the molecule is Cn1cnn(CC(F)(F)c2ccccc2)c1=O. The number of benzene rings is 1. The fourth-order valence-corrected chi connectivity index (χ4v) is 1.49. The van der Waals surface area contributed by atoms with Crippen LogP contribution in [-0.2, 0) is 19.5 Å². The zero-order chi connectivity index (χ0) is 12.5. The van der Waals surface area contributed by atoms with Gasteiger partial charge in [0.05, 0.1) is 0 Å². The van der Waals surface area contributed by atoms with E-state index in [1.54, 1.807) is 6.07 Å². The summed E-state index contributed by atoms with van der Waals surface area (Å²) in [7, 11) is 1.46. The number of aryl methyl sites for hydroxylation is 1. The van der Waals surface area contributed by atoms with E-state index in [9.17, 15) is 13.6 Å². The van der Waals surface area contributed by atoms with Crippen molar-refractivity contribution in [2.45, 2.75) is 12.5 Å². The zero-order valence-electron chi connectivity index (χ0n) is 9.18. The molecule has 0 N–H and O–H groups in total. The lowest BCUT2D eigenvalue weighted by atomic mass is 10.1. The summed E-state index contributed by atoms with van der Waals surface area (Å²) in [5.74, 6) is -3.11. The number of halogens is 2. The largest absolute Gasteiger partial charge is 0.345 e. The Bertz CT molecular complexity index is 560. The molecule has 1 aromatic heterocycles. The molecule has 1 heterocycles. The second-order valence-electron chi connectivity index (χ2n) is 3.75. The molecule has 0 aliphatic heterocycles. The van der Waals surface area contributed by atoms with Crippen molar-refractivity contribution in [3.05, 3.63) is 52.7 Å². The van der Waals surface area contributed by atoms with Crippen LogP contribution in [0.15, 0.2) is 41.5 Å². The van der Waals surface area contributed by atoms with E-state index in [4.69, 9.17) is 0 Å². The van der Waals surface area contributed by atoms with E-state index in [0.717, 1.165) is 9.25 Å². The van der Waals surface area contributed by atoms with Gasteiger partial charge in [-0.25, -0.2) is 9.48 Å². The maximum absolute atomic E-state index is 13.8. The molecule has 17 heavy (non-hydrogen) atoms. The molecule has 0 saturated heterocycles. The number of hydrogen-bond donors (Lipinski definition) is 0. The Morgan fingerprint density at radius 1 is 1.29 bits per heavy atom. The molecule has 0 bridgehead atoms.